The molecule has 0 aliphatic heterocycles. The van der Waals surface area contributed by atoms with Gasteiger partial charge >= 0.3 is 5.69 Å². The van der Waals surface area contributed by atoms with Crippen LogP contribution in [0, 0.1) is 27.3 Å². The number of rotatable bonds is 2. The summed E-state index contributed by atoms with van der Waals surface area (Å²) in [5.74, 6) is -1.82. The highest BCUT2D eigenvalue weighted by molar-refractivity contribution is 5.75. The molecule has 1 aromatic carbocycles. The number of hydrogen-bond donors (Lipinski definition) is 1. The predicted molar refractivity (Wildman–Crippen MR) is 61.6 cm³/mol. The number of nitriles is 1. The zero-order valence-electron chi connectivity index (χ0n) is 9.66. The molecule has 0 spiro atoms. The first-order chi connectivity index (χ1) is 8.97. The summed E-state index contributed by atoms with van der Waals surface area (Å²) >= 11 is 0. The number of nitrogens with zero attached hydrogens (tertiary/aromatic N) is 4. The maximum absolute atomic E-state index is 14.0. The van der Waals surface area contributed by atoms with E-state index in [1.54, 1.807) is 6.07 Å². The van der Waals surface area contributed by atoms with E-state index in [0.717, 1.165) is 0 Å². The molecule has 8 heteroatoms. The van der Waals surface area contributed by atoms with E-state index >= 15 is 0 Å². The maximum atomic E-state index is 14.0. The minimum absolute atomic E-state index is 0.217. The number of halogens is 1. The first kappa shape index (κ1) is 12.5. The molecule has 0 amide bonds. The Kier molecular flexibility index (Phi) is 2.88. The van der Waals surface area contributed by atoms with E-state index in [2.05, 4.69) is 5.10 Å². The van der Waals surface area contributed by atoms with Gasteiger partial charge in [-0.1, -0.05) is 0 Å². The predicted octanol–water partition coefficient (Wildman–Crippen LogP) is 1.71. The van der Waals surface area contributed by atoms with Gasteiger partial charge in [-0.25, -0.2) is 4.39 Å². The van der Waals surface area contributed by atoms with Crippen LogP contribution in [0.5, 0.6) is 5.75 Å². The van der Waals surface area contributed by atoms with E-state index in [0.29, 0.717) is 6.07 Å². The highest BCUT2D eigenvalue weighted by Crippen LogP contribution is 2.38. The first-order valence-corrected chi connectivity index (χ1v) is 5.05. The average molecular weight is 262 g/mol. The lowest BCUT2D eigenvalue weighted by Crippen LogP contribution is -2.01. The Bertz CT molecular complexity index is 717. The molecule has 1 N–H and O–H groups in total. The van der Waals surface area contributed by atoms with Crippen molar-refractivity contribution in [3.05, 3.63) is 39.8 Å². The van der Waals surface area contributed by atoms with Crippen molar-refractivity contribution < 1.29 is 14.4 Å². The Hall–Kier alpha value is -2.95. The van der Waals surface area contributed by atoms with Crippen LogP contribution in [0.15, 0.2) is 18.3 Å². The summed E-state index contributed by atoms with van der Waals surface area (Å²) in [6.45, 7) is 0. The van der Waals surface area contributed by atoms with E-state index in [1.165, 1.54) is 24.0 Å². The summed E-state index contributed by atoms with van der Waals surface area (Å²) in [5.41, 5.74) is -1.32. The van der Waals surface area contributed by atoms with Gasteiger partial charge in [-0.2, -0.15) is 10.4 Å². The Morgan fingerprint density at radius 2 is 2.32 bits per heavy atom. The third-order valence-electron chi connectivity index (χ3n) is 2.62. The highest BCUT2D eigenvalue weighted by Gasteiger charge is 2.26. The lowest BCUT2D eigenvalue weighted by Gasteiger charge is -2.08. The summed E-state index contributed by atoms with van der Waals surface area (Å²) in [6.07, 6.45) is 1.38. The van der Waals surface area contributed by atoms with E-state index in [-0.39, 0.29) is 11.3 Å². The molecule has 0 fully saturated rings. The lowest BCUT2D eigenvalue weighted by atomic mass is 10.0. The van der Waals surface area contributed by atoms with Gasteiger partial charge in [0.15, 0.2) is 0 Å². The lowest BCUT2D eigenvalue weighted by molar-refractivity contribution is -0.386. The van der Waals surface area contributed by atoms with Gasteiger partial charge in [0, 0.05) is 13.2 Å². The van der Waals surface area contributed by atoms with E-state index < -0.39 is 27.7 Å². The van der Waals surface area contributed by atoms with Crippen molar-refractivity contribution in [3.8, 4) is 23.1 Å². The van der Waals surface area contributed by atoms with Gasteiger partial charge in [0.05, 0.1) is 22.2 Å². The largest absolute Gasteiger partial charge is 0.501 e. The van der Waals surface area contributed by atoms with Crippen LogP contribution in [-0.2, 0) is 7.05 Å². The molecule has 0 unspecified atom stereocenters. The zero-order valence-corrected chi connectivity index (χ0v) is 9.66. The Labute approximate surface area is 106 Å². The normalized spacial score (nSPS) is 10.2. The molecule has 0 saturated carbocycles. The van der Waals surface area contributed by atoms with Crippen molar-refractivity contribution in [2.24, 2.45) is 7.05 Å². The van der Waals surface area contributed by atoms with Crippen LogP contribution in [-0.4, -0.2) is 19.8 Å². The number of nitro groups is 1. The average Bonchev–Trinajstić information content (AvgIpc) is 2.76. The summed E-state index contributed by atoms with van der Waals surface area (Å²) in [7, 11) is 1.52. The van der Waals surface area contributed by atoms with Gasteiger partial charge in [-0.3, -0.25) is 14.8 Å². The number of benzene rings is 1. The number of phenols is 1. The van der Waals surface area contributed by atoms with Crippen LogP contribution in [0.2, 0.25) is 0 Å². The fourth-order valence-electron chi connectivity index (χ4n) is 1.74. The van der Waals surface area contributed by atoms with E-state index in [9.17, 15) is 19.6 Å². The summed E-state index contributed by atoms with van der Waals surface area (Å²) in [6, 6.07) is 3.60. The maximum Gasteiger partial charge on any atom is 0.315 e. The smallest absolute Gasteiger partial charge is 0.315 e. The minimum Gasteiger partial charge on any atom is -0.501 e. The van der Waals surface area contributed by atoms with Crippen LogP contribution in [0.1, 0.15) is 5.56 Å². The summed E-state index contributed by atoms with van der Waals surface area (Å²) < 4.78 is 15.3. The molecule has 0 aliphatic rings. The number of aromatic hydroxyl groups is 1. The van der Waals surface area contributed by atoms with Gasteiger partial charge in [0.1, 0.15) is 17.4 Å². The van der Waals surface area contributed by atoms with Gasteiger partial charge in [-0.05, 0) is 6.07 Å². The molecular formula is C11H7FN4O3. The van der Waals surface area contributed by atoms with E-state index in [1.807, 2.05) is 0 Å². The molecule has 2 rings (SSSR count). The Morgan fingerprint density at radius 1 is 1.63 bits per heavy atom. The molecule has 1 aromatic heterocycles. The van der Waals surface area contributed by atoms with Crippen LogP contribution in [0.4, 0.5) is 10.1 Å². The number of aryl methyl sites for hydroxylation is 1. The summed E-state index contributed by atoms with van der Waals surface area (Å²) in [4.78, 5) is 9.71. The van der Waals surface area contributed by atoms with E-state index in [4.69, 9.17) is 5.26 Å². The fourth-order valence-corrected chi connectivity index (χ4v) is 1.74. The topological polar surface area (TPSA) is 105 Å². The van der Waals surface area contributed by atoms with Gasteiger partial charge in [0.2, 0.25) is 5.75 Å². The van der Waals surface area contributed by atoms with Gasteiger partial charge in [0.25, 0.3) is 0 Å². The van der Waals surface area contributed by atoms with Crippen molar-refractivity contribution >= 4 is 5.69 Å². The molecule has 2 aromatic rings. The molecule has 19 heavy (non-hydrogen) atoms. The van der Waals surface area contributed by atoms with Gasteiger partial charge < -0.3 is 5.11 Å². The molecule has 1 heterocycles. The third-order valence-corrected chi connectivity index (χ3v) is 2.62. The van der Waals surface area contributed by atoms with Crippen LogP contribution >= 0.6 is 0 Å². The minimum atomic E-state index is -0.968. The monoisotopic (exact) mass is 262 g/mol. The Morgan fingerprint density at radius 3 is 2.79 bits per heavy atom. The fraction of sp³-hybridized carbons (Fsp3) is 0.0909. The van der Waals surface area contributed by atoms with Crippen molar-refractivity contribution in [2.45, 2.75) is 0 Å². The zero-order chi connectivity index (χ0) is 14.2. The van der Waals surface area contributed by atoms with Crippen molar-refractivity contribution in [2.75, 3.05) is 0 Å². The van der Waals surface area contributed by atoms with Crippen LogP contribution < -0.4 is 0 Å². The number of phenolic OH excluding ortho intramolecular Hbond substituents is 1. The molecule has 0 radical (unpaired) electrons. The number of nitro benzene ring substituents is 1. The molecule has 0 atom stereocenters. The van der Waals surface area contributed by atoms with Gasteiger partial charge in [-0.15, -0.1) is 0 Å². The van der Waals surface area contributed by atoms with Crippen LogP contribution in [0.25, 0.3) is 11.3 Å². The number of hydrogen-bond acceptors (Lipinski definition) is 5. The molecule has 96 valence electrons. The molecule has 0 aliphatic carbocycles. The summed E-state index contributed by atoms with van der Waals surface area (Å²) in [5, 5.41) is 33.2. The van der Waals surface area contributed by atoms with Crippen molar-refractivity contribution in [3.63, 3.8) is 0 Å². The second-order valence-corrected chi connectivity index (χ2v) is 3.69. The molecular weight excluding hydrogens is 255 g/mol. The highest BCUT2D eigenvalue weighted by atomic mass is 19.1. The molecule has 0 saturated heterocycles. The Balaban J connectivity index is 2.84. The van der Waals surface area contributed by atoms with Crippen molar-refractivity contribution in [1.29, 1.82) is 5.26 Å². The second kappa shape index (κ2) is 4.38. The standard InChI is InChI=1S/C11H7FN4O3/c1-15-8(2-3-14-15)10-6(5-13)11(17)9(16(18)19)4-7(10)12/h2-4,17H,1H3. The first-order valence-electron chi connectivity index (χ1n) is 5.05. The second-order valence-electron chi connectivity index (χ2n) is 3.69. The third kappa shape index (κ3) is 1.87. The molecule has 0 bridgehead atoms. The van der Waals surface area contributed by atoms with Crippen LogP contribution in [0.3, 0.4) is 0 Å². The van der Waals surface area contributed by atoms with Crippen molar-refractivity contribution in [1.82, 2.24) is 9.78 Å². The molecule has 7 nitrogen and oxygen atoms in total. The SMILES string of the molecule is Cn1nccc1-c1c(F)cc([N+](=O)[O-])c(O)c1C#N. The number of aromatic nitrogens is 2. The quantitative estimate of drug-likeness (QED) is 0.655.